The highest BCUT2D eigenvalue weighted by Crippen LogP contribution is 2.35. The van der Waals surface area contributed by atoms with Crippen molar-refractivity contribution in [3.63, 3.8) is 0 Å². The van der Waals surface area contributed by atoms with Crippen LogP contribution < -0.4 is 14.9 Å². The van der Waals surface area contributed by atoms with Gasteiger partial charge < -0.3 is 10.2 Å². The summed E-state index contributed by atoms with van der Waals surface area (Å²) in [6.07, 6.45) is 9.40. The number of sulfonamides is 1. The summed E-state index contributed by atoms with van der Waals surface area (Å²) in [5.74, 6) is -0.0671. The van der Waals surface area contributed by atoms with E-state index in [1.165, 1.54) is 5.56 Å². The summed E-state index contributed by atoms with van der Waals surface area (Å²) in [4.78, 5) is 14.8. The van der Waals surface area contributed by atoms with Crippen LogP contribution in [0, 0.1) is 0 Å². The Morgan fingerprint density at radius 2 is 1.82 bits per heavy atom. The Hall–Kier alpha value is -2.38. The second-order valence-electron chi connectivity index (χ2n) is 9.50. The molecule has 0 radical (unpaired) electrons. The zero-order chi connectivity index (χ0) is 24.0. The molecule has 7 heteroatoms. The molecule has 0 aromatic heterocycles. The predicted octanol–water partition coefficient (Wildman–Crippen LogP) is 5.55. The molecular formula is C27H37N3O3S. The lowest BCUT2D eigenvalue weighted by atomic mass is 9.88. The van der Waals surface area contributed by atoms with E-state index in [0.717, 1.165) is 82.1 Å². The number of benzene rings is 2. The first-order valence-corrected chi connectivity index (χ1v) is 14.3. The zero-order valence-corrected chi connectivity index (χ0v) is 21.0. The first-order chi connectivity index (χ1) is 16.5. The minimum absolute atomic E-state index is 0.0671. The number of carbonyl (C=O) groups excluding carboxylic acids is 1. The molecule has 184 valence electrons. The number of hydrogen-bond donors (Lipinski definition) is 2. The average molecular weight is 484 g/mol. The minimum Gasteiger partial charge on any atom is -0.370 e. The van der Waals surface area contributed by atoms with Crippen molar-refractivity contribution in [2.75, 3.05) is 23.3 Å². The summed E-state index contributed by atoms with van der Waals surface area (Å²) in [6, 6.07) is 13.2. The Balaban J connectivity index is 1.58. The summed E-state index contributed by atoms with van der Waals surface area (Å²) in [7, 11) is -3.80. The predicted molar refractivity (Wildman–Crippen MR) is 138 cm³/mol. The lowest BCUT2D eigenvalue weighted by Gasteiger charge is -2.28. The second-order valence-corrected chi connectivity index (χ2v) is 11.2. The fourth-order valence-electron chi connectivity index (χ4n) is 5.09. The van der Waals surface area contributed by atoms with Crippen LogP contribution >= 0.6 is 0 Å². The van der Waals surface area contributed by atoms with Crippen LogP contribution in [0.5, 0.6) is 0 Å². The van der Waals surface area contributed by atoms with E-state index >= 15 is 0 Å². The third kappa shape index (κ3) is 5.99. The van der Waals surface area contributed by atoms with Crippen molar-refractivity contribution in [1.29, 1.82) is 0 Å². The number of hydrogen-bond acceptors (Lipinski definition) is 4. The molecule has 1 amide bonds. The lowest BCUT2D eigenvalue weighted by molar-refractivity contribution is -0.116. The third-order valence-electron chi connectivity index (χ3n) is 6.90. The van der Waals surface area contributed by atoms with Crippen molar-refractivity contribution >= 4 is 27.3 Å². The van der Waals surface area contributed by atoms with Crippen molar-refractivity contribution in [2.45, 2.75) is 82.1 Å². The monoisotopic (exact) mass is 483 g/mol. The molecule has 2 N–H and O–H groups in total. The number of fused-ring (bicyclic) bond motifs is 1. The van der Waals surface area contributed by atoms with E-state index in [1.54, 1.807) is 6.07 Å². The van der Waals surface area contributed by atoms with E-state index in [2.05, 4.69) is 27.9 Å². The number of aryl methyl sites for hydroxylation is 1. The van der Waals surface area contributed by atoms with Gasteiger partial charge in [-0.15, -0.1) is 0 Å². The molecule has 0 unspecified atom stereocenters. The number of rotatable bonds is 10. The van der Waals surface area contributed by atoms with Crippen LogP contribution in [-0.2, 0) is 21.2 Å². The highest BCUT2D eigenvalue weighted by molar-refractivity contribution is 7.89. The lowest BCUT2D eigenvalue weighted by Crippen LogP contribution is -2.32. The normalized spacial score (nSPS) is 18.0. The van der Waals surface area contributed by atoms with E-state index < -0.39 is 10.0 Å². The maximum absolute atomic E-state index is 13.7. The molecule has 0 bridgehead atoms. The number of amides is 1. The standard InChI is InChI=1S/C27H37N3O3S/c1-2-3-4-5-15-27(31)28-22-16-17-25(30-18-8-9-19-30)26(20-22)34(32,33)29-24-14-10-12-21-11-6-7-13-23(21)24/h6-7,11,13,16-17,20,24,29H,2-5,8-10,12,14-15,18-19H2,1H3,(H,28,31)/t24-/m1/s1. The second kappa shape index (κ2) is 11.4. The van der Waals surface area contributed by atoms with Gasteiger partial charge in [0.25, 0.3) is 0 Å². The molecular weight excluding hydrogens is 446 g/mol. The number of unbranched alkanes of at least 4 members (excludes halogenated alkanes) is 3. The molecule has 6 nitrogen and oxygen atoms in total. The van der Waals surface area contributed by atoms with E-state index in [9.17, 15) is 13.2 Å². The van der Waals surface area contributed by atoms with Gasteiger partial charge in [0, 0.05) is 31.2 Å². The number of nitrogens with one attached hydrogen (secondary N) is 2. The highest BCUT2D eigenvalue weighted by Gasteiger charge is 2.29. The van der Waals surface area contributed by atoms with Crippen LogP contribution in [0.15, 0.2) is 47.4 Å². The summed E-state index contributed by atoms with van der Waals surface area (Å²) in [5, 5.41) is 2.92. The van der Waals surface area contributed by atoms with Gasteiger partial charge in [-0.1, -0.05) is 50.5 Å². The van der Waals surface area contributed by atoms with Crippen LogP contribution in [-0.4, -0.2) is 27.4 Å². The number of anilines is 2. The number of nitrogens with zero attached hydrogens (tertiary/aromatic N) is 1. The van der Waals surface area contributed by atoms with Gasteiger partial charge in [-0.05, 0) is 67.9 Å². The van der Waals surface area contributed by atoms with Crippen molar-refractivity contribution in [1.82, 2.24) is 4.72 Å². The van der Waals surface area contributed by atoms with Crippen molar-refractivity contribution in [3.8, 4) is 0 Å². The Morgan fingerprint density at radius 3 is 2.62 bits per heavy atom. The smallest absolute Gasteiger partial charge is 0.243 e. The SMILES string of the molecule is CCCCCCC(=O)Nc1ccc(N2CCCC2)c(S(=O)(=O)N[C@@H]2CCCc3ccccc32)c1. The quantitative estimate of drug-likeness (QED) is 0.434. The Bertz CT molecular complexity index is 1090. The molecule has 2 aromatic carbocycles. The van der Waals surface area contributed by atoms with Crippen LogP contribution in [0.4, 0.5) is 11.4 Å². The summed E-state index contributed by atoms with van der Waals surface area (Å²) >= 11 is 0. The van der Waals surface area contributed by atoms with Crippen LogP contribution in [0.2, 0.25) is 0 Å². The van der Waals surface area contributed by atoms with Gasteiger partial charge in [-0.2, -0.15) is 0 Å². The van der Waals surface area contributed by atoms with Crippen molar-refractivity contribution in [3.05, 3.63) is 53.6 Å². The molecule has 2 aliphatic rings. The van der Waals surface area contributed by atoms with Gasteiger partial charge in [-0.3, -0.25) is 4.79 Å². The van der Waals surface area contributed by atoms with Crippen LogP contribution in [0.1, 0.15) is 81.9 Å². The van der Waals surface area contributed by atoms with E-state index in [-0.39, 0.29) is 16.8 Å². The molecule has 34 heavy (non-hydrogen) atoms. The fraction of sp³-hybridized carbons (Fsp3) is 0.519. The largest absolute Gasteiger partial charge is 0.370 e. The molecule has 0 spiro atoms. The average Bonchev–Trinajstić information content (AvgIpc) is 3.37. The van der Waals surface area contributed by atoms with Gasteiger partial charge in [0.1, 0.15) is 4.90 Å². The van der Waals surface area contributed by atoms with Gasteiger partial charge in [0.05, 0.1) is 5.69 Å². The Kier molecular flexibility index (Phi) is 8.27. The van der Waals surface area contributed by atoms with Gasteiger partial charge >= 0.3 is 0 Å². The Morgan fingerprint density at radius 1 is 1.03 bits per heavy atom. The third-order valence-corrected chi connectivity index (χ3v) is 8.40. The fourth-order valence-corrected chi connectivity index (χ4v) is 6.59. The maximum Gasteiger partial charge on any atom is 0.243 e. The molecule has 4 rings (SSSR count). The minimum atomic E-state index is -3.80. The van der Waals surface area contributed by atoms with Gasteiger partial charge in [0.2, 0.25) is 15.9 Å². The summed E-state index contributed by atoms with van der Waals surface area (Å²) in [5.41, 5.74) is 3.53. The topological polar surface area (TPSA) is 78.5 Å². The first kappa shape index (κ1) is 24.7. The van der Waals surface area contributed by atoms with Gasteiger partial charge in [0.15, 0.2) is 0 Å². The van der Waals surface area contributed by atoms with E-state index in [0.29, 0.717) is 12.1 Å². The molecule has 1 fully saturated rings. The summed E-state index contributed by atoms with van der Waals surface area (Å²) < 4.78 is 30.4. The highest BCUT2D eigenvalue weighted by atomic mass is 32.2. The van der Waals surface area contributed by atoms with E-state index in [1.807, 2.05) is 30.3 Å². The Labute approximate surface area is 204 Å². The maximum atomic E-state index is 13.7. The van der Waals surface area contributed by atoms with E-state index in [4.69, 9.17) is 0 Å². The molecule has 1 atom stereocenters. The summed E-state index contributed by atoms with van der Waals surface area (Å²) in [6.45, 7) is 3.83. The van der Waals surface area contributed by atoms with Crippen LogP contribution in [0.25, 0.3) is 0 Å². The van der Waals surface area contributed by atoms with Crippen LogP contribution in [0.3, 0.4) is 0 Å². The van der Waals surface area contributed by atoms with Crippen molar-refractivity contribution < 1.29 is 13.2 Å². The van der Waals surface area contributed by atoms with Crippen molar-refractivity contribution in [2.24, 2.45) is 0 Å². The van der Waals surface area contributed by atoms with Gasteiger partial charge in [-0.25, -0.2) is 13.1 Å². The molecule has 1 heterocycles. The molecule has 1 aliphatic heterocycles. The molecule has 0 saturated carbocycles. The molecule has 1 saturated heterocycles. The molecule has 1 aliphatic carbocycles. The first-order valence-electron chi connectivity index (χ1n) is 12.8. The number of carbonyl (C=O) groups is 1. The molecule has 2 aromatic rings. The zero-order valence-electron chi connectivity index (χ0n) is 20.2.